The van der Waals surface area contributed by atoms with Gasteiger partial charge < -0.3 is 15.0 Å². The van der Waals surface area contributed by atoms with Crippen molar-refractivity contribution >= 4 is 34.8 Å². The van der Waals surface area contributed by atoms with Gasteiger partial charge in [0.1, 0.15) is 12.4 Å². The Kier molecular flexibility index (Phi) is 6.28. The predicted molar refractivity (Wildman–Crippen MR) is 94.9 cm³/mol. The maximum atomic E-state index is 12.2. The summed E-state index contributed by atoms with van der Waals surface area (Å²) in [6.07, 6.45) is 0. The van der Waals surface area contributed by atoms with Gasteiger partial charge in [0.05, 0.1) is 5.02 Å². The molecule has 0 unspecified atom stereocenters. The van der Waals surface area contributed by atoms with Gasteiger partial charge in [0.2, 0.25) is 0 Å². The number of likely N-dealkylation sites (N-methyl/N-ethyl adjacent to an activating group) is 1. The quantitative estimate of drug-likeness (QED) is 0.847. The molecule has 0 aromatic heterocycles. The molecule has 4 nitrogen and oxygen atoms in total. The number of carbonyl (C=O) groups excluding carboxylic acids is 1. The van der Waals surface area contributed by atoms with Crippen LogP contribution in [0, 0.1) is 0 Å². The van der Waals surface area contributed by atoms with Crippen LogP contribution in [-0.4, -0.2) is 38.1 Å². The summed E-state index contributed by atoms with van der Waals surface area (Å²) >= 11 is 12.1. The number of ether oxygens (including phenoxy) is 1. The largest absolute Gasteiger partial charge is 0.491 e. The van der Waals surface area contributed by atoms with E-state index in [1.165, 1.54) is 0 Å². The fourth-order valence-electron chi connectivity index (χ4n) is 1.87. The normalized spacial score (nSPS) is 10.7. The second-order valence-corrected chi connectivity index (χ2v) is 6.11. The number of nitrogens with one attached hydrogen (secondary N) is 1. The Morgan fingerprint density at radius 2 is 1.96 bits per heavy atom. The Morgan fingerprint density at radius 1 is 1.17 bits per heavy atom. The zero-order chi connectivity index (χ0) is 16.8. The molecule has 6 heteroatoms. The number of hydrogen-bond donors (Lipinski definition) is 1. The van der Waals surface area contributed by atoms with Crippen molar-refractivity contribution in [1.29, 1.82) is 0 Å². The van der Waals surface area contributed by atoms with Gasteiger partial charge in [-0.15, -0.1) is 0 Å². The highest BCUT2D eigenvalue weighted by atomic mass is 35.5. The molecular weight excluding hydrogens is 335 g/mol. The van der Waals surface area contributed by atoms with E-state index in [-0.39, 0.29) is 5.91 Å². The van der Waals surface area contributed by atoms with Crippen molar-refractivity contribution in [2.75, 3.05) is 32.6 Å². The Labute approximate surface area is 146 Å². The second kappa shape index (κ2) is 8.20. The minimum Gasteiger partial charge on any atom is -0.491 e. The Morgan fingerprint density at radius 3 is 2.61 bits per heavy atom. The van der Waals surface area contributed by atoms with Gasteiger partial charge in [0, 0.05) is 22.8 Å². The Balaban J connectivity index is 2.01. The highest BCUT2D eigenvalue weighted by molar-refractivity contribution is 6.32. The van der Waals surface area contributed by atoms with Gasteiger partial charge in [-0.05, 0) is 50.5 Å². The topological polar surface area (TPSA) is 41.6 Å². The summed E-state index contributed by atoms with van der Waals surface area (Å²) < 4.78 is 5.60. The van der Waals surface area contributed by atoms with Crippen molar-refractivity contribution in [3.05, 3.63) is 58.1 Å². The summed E-state index contributed by atoms with van der Waals surface area (Å²) in [6.45, 7) is 1.34. The minimum absolute atomic E-state index is 0.246. The van der Waals surface area contributed by atoms with Crippen LogP contribution in [0.5, 0.6) is 5.75 Å². The lowest BCUT2D eigenvalue weighted by Crippen LogP contribution is -2.19. The summed E-state index contributed by atoms with van der Waals surface area (Å²) in [5.41, 5.74) is 1.08. The van der Waals surface area contributed by atoms with Crippen molar-refractivity contribution in [2.45, 2.75) is 0 Å². The van der Waals surface area contributed by atoms with Gasteiger partial charge in [-0.25, -0.2) is 0 Å². The average Bonchev–Trinajstić information content (AvgIpc) is 2.49. The number of benzene rings is 2. The SMILES string of the molecule is CN(C)CCOc1ccc(NC(=O)c2cccc(Cl)c2)cc1Cl. The Hall–Kier alpha value is -1.75. The maximum Gasteiger partial charge on any atom is 0.255 e. The fourth-order valence-corrected chi connectivity index (χ4v) is 2.29. The van der Waals surface area contributed by atoms with Gasteiger partial charge >= 0.3 is 0 Å². The number of rotatable bonds is 6. The molecule has 0 saturated carbocycles. The molecule has 0 heterocycles. The van der Waals surface area contributed by atoms with Crippen LogP contribution in [0.3, 0.4) is 0 Å². The zero-order valence-corrected chi connectivity index (χ0v) is 14.5. The third-order valence-corrected chi connectivity index (χ3v) is 3.60. The molecule has 0 atom stereocenters. The van der Waals surface area contributed by atoms with E-state index in [0.717, 1.165) is 6.54 Å². The summed E-state index contributed by atoms with van der Waals surface area (Å²) in [6, 6.07) is 11.9. The van der Waals surface area contributed by atoms with Crippen LogP contribution in [0.25, 0.3) is 0 Å². The molecule has 0 aliphatic carbocycles. The monoisotopic (exact) mass is 352 g/mol. The summed E-state index contributed by atoms with van der Waals surface area (Å²) in [5.74, 6) is 0.346. The van der Waals surface area contributed by atoms with Gasteiger partial charge in [-0.2, -0.15) is 0 Å². The number of halogens is 2. The smallest absolute Gasteiger partial charge is 0.255 e. The number of anilines is 1. The molecule has 122 valence electrons. The van der Waals surface area contributed by atoms with E-state index < -0.39 is 0 Å². The van der Waals surface area contributed by atoms with Crippen molar-refractivity contribution in [2.24, 2.45) is 0 Å². The van der Waals surface area contributed by atoms with Gasteiger partial charge in [-0.3, -0.25) is 4.79 Å². The van der Waals surface area contributed by atoms with Crippen molar-refractivity contribution in [1.82, 2.24) is 4.90 Å². The molecular formula is C17H18Cl2N2O2. The summed E-state index contributed by atoms with van der Waals surface area (Å²) in [4.78, 5) is 14.2. The third-order valence-electron chi connectivity index (χ3n) is 3.07. The molecule has 1 N–H and O–H groups in total. The molecule has 2 aromatic carbocycles. The van der Waals surface area contributed by atoms with Crippen molar-refractivity contribution in [3.63, 3.8) is 0 Å². The Bertz CT molecular complexity index is 690. The first-order valence-corrected chi connectivity index (χ1v) is 7.85. The highest BCUT2D eigenvalue weighted by Gasteiger charge is 2.09. The second-order valence-electron chi connectivity index (χ2n) is 5.26. The van der Waals surface area contributed by atoms with E-state index in [1.54, 1.807) is 42.5 Å². The van der Waals surface area contributed by atoms with E-state index in [9.17, 15) is 4.79 Å². The zero-order valence-electron chi connectivity index (χ0n) is 13.0. The van der Waals surface area contributed by atoms with Crippen LogP contribution >= 0.6 is 23.2 Å². The molecule has 1 amide bonds. The van der Waals surface area contributed by atoms with Crippen LogP contribution < -0.4 is 10.1 Å². The first-order chi connectivity index (χ1) is 11.0. The van der Waals surface area contributed by atoms with Gasteiger partial charge in [0.15, 0.2) is 0 Å². The van der Waals surface area contributed by atoms with Crippen molar-refractivity contribution in [3.8, 4) is 5.75 Å². The number of hydrogen-bond acceptors (Lipinski definition) is 3. The first kappa shape index (κ1) is 17.6. The minimum atomic E-state index is -0.246. The molecule has 0 aliphatic rings. The van der Waals surface area contributed by atoms with E-state index in [4.69, 9.17) is 27.9 Å². The molecule has 0 bridgehead atoms. The first-order valence-electron chi connectivity index (χ1n) is 7.09. The summed E-state index contributed by atoms with van der Waals surface area (Å²) in [5, 5.41) is 3.75. The number of carbonyl (C=O) groups is 1. The van der Waals surface area contributed by atoms with Crippen molar-refractivity contribution < 1.29 is 9.53 Å². The standard InChI is InChI=1S/C17H18Cl2N2O2/c1-21(2)8-9-23-16-7-6-14(11-15(16)19)20-17(22)12-4-3-5-13(18)10-12/h3-7,10-11H,8-9H2,1-2H3,(H,20,22). The average molecular weight is 353 g/mol. The maximum absolute atomic E-state index is 12.2. The van der Waals surface area contributed by atoms with Gasteiger partial charge in [-0.1, -0.05) is 29.3 Å². The molecule has 0 saturated heterocycles. The van der Waals surface area contributed by atoms with Crippen LogP contribution in [-0.2, 0) is 0 Å². The lowest BCUT2D eigenvalue weighted by atomic mass is 10.2. The van der Waals surface area contributed by atoms with Gasteiger partial charge in [0.25, 0.3) is 5.91 Å². The third kappa shape index (κ3) is 5.43. The number of amides is 1. The molecule has 23 heavy (non-hydrogen) atoms. The van der Waals surface area contributed by atoms with E-state index in [1.807, 2.05) is 19.0 Å². The lowest BCUT2D eigenvalue weighted by molar-refractivity contribution is 0.102. The molecule has 0 fully saturated rings. The summed E-state index contributed by atoms with van der Waals surface area (Å²) in [7, 11) is 3.94. The lowest BCUT2D eigenvalue weighted by Gasteiger charge is -2.13. The predicted octanol–water partition coefficient (Wildman–Crippen LogP) is 4.19. The molecule has 2 rings (SSSR count). The molecule has 0 radical (unpaired) electrons. The molecule has 0 spiro atoms. The van der Waals surface area contributed by atoms with Crippen LogP contribution in [0.2, 0.25) is 10.0 Å². The fraction of sp³-hybridized carbons (Fsp3) is 0.235. The van der Waals surface area contributed by atoms with E-state index in [2.05, 4.69) is 5.32 Å². The molecule has 2 aromatic rings. The van der Waals surface area contributed by atoms with Crippen LogP contribution in [0.1, 0.15) is 10.4 Å². The van der Waals surface area contributed by atoms with E-state index in [0.29, 0.717) is 33.7 Å². The highest BCUT2D eigenvalue weighted by Crippen LogP contribution is 2.28. The van der Waals surface area contributed by atoms with Crippen LogP contribution in [0.4, 0.5) is 5.69 Å². The number of nitrogens with zero attached hydrogens (tertiary/aromatic N) is 1. The van der Waals surface area contributed by atoms with Crippen LogP contribution in [0.15, 0.2) is 42.5 Å². The molecule has 0 aliphatic heterocycles. The van der Waals surface area contributed by atoms with E-state index >= 15 is 0 Å².